The van der Waals surface area contributed by atoms with Crippen LogP contribution in [0.4, 0.5) is 0 Å². The molecule has 2 aromatic rings. The third-order valence-electron chi connectivity index (χ3n) is 2.92. The molecule has 0 spiro atoms. The van der Waals surface area contributed by atoms with Crippen molar-refractivity contribution in [2.24, 2.45) is 0 Å². The molecule has 0 aliphatic carbocycles. The summed E-state index contributed by atoms with van der Waals surface area (Å²) < 4.78 is 2.30. The number of halogens is 2. The topological polar surface area (TPSA) is 12.0 Å². The number of hydrogen-bond acceptors (Lipinski definition) is 2. The van der Waals surface area contributed by atoms with Gasteiger partial charge in [0.2, 0.25) is 0 Å². The summed E-state index contributed by atoms with van der Waals surface area (Å²) in [5.74, 6) is 0. The van der Waals surface area contributed by atoms with Gasteiger partial charge in [-0.25, -0.2) is 0 Å². The van der Waals surface area contributed by atoms with Crippen molar-refractivity contribution in [1.82, 2.24) is 5.32 Å². The summed E-state index contributed by atoms with van der Waals surface area (Å²) in [6.45, 7) is 5.29. The summed E-state index contributed by atoms with van der Waals surface area (Å²) in [5.41, 5.74) is 2.58. The molecule has 0 fully saturated rings. The van der Waals surface area contributed by atoms with E-state index < -0.39 is 0 Å². The van der Waals surface area contributed by atoms with Crippen LogP contribution in [0.1, 0.15) is 25.0 Å². The monoisotopic (exact) mass is 387 g/mol. The fourth-order valence-electron chi connectivity index (χ4n) is 1.73. The van der Waals surface area contributed by atoms with Gasteiger partial charge in [-0.3, -0.25) is 0 Å². The van der Waals surface area contributed by atoms with Gasteiger partial charge < -0.3 is 5.32 Å². The summed E-state index contributed by atoms with van der Waals surface area (Å²) >= 11 is 8.68. The Kier molecular flexibility index (Phi) is 4.64. The predicted octanol–water partition coefficient (Wildman–Crippen LogP) is 5.30. The first-order chi connectivity index (χ1) is 8.47. The molecule has 18 heavy (non-hydrogen) atoms. The van der Waals surface area contributed by atoms with Gasteiger partial charge in [-0.2, -0.15) is 0 Å². The first kappa shape index (κ1) is 14.3. The van der Waals surface area contributed by atoms with E-state index in [2.05, 4.69) is 86.7 Å². The van der Waals surface area contributed by atoms with Crippen LogP contribution in [0, 0.1) is 0 Å². The van der Waals surface area contributed by atoms with Crippen molar-refractivity contribution in [3.05, 3.63) is 55.1 Å². The molecule has 0 unspecified atom stereocenters. The maximum atomic E-state index is 3.59. The van der Waals surface area contributed by atoms with E-state index in [1.54, 1.807) is 11.3 Å². The molecule has 0 aliphatic heterocycles. The van der Waals surface area contributed by atoms with Crippen LogP contribution in [0.2, 0.25) is 0 Å². The van der Waals surface area contributed by atoms with Gasteiger partial charge >= 0.3 is 0 Å². The van der Waals surface area contributed by atoms with Crippen LogP contribution in [0.15, 0.2) is 44.0 Å². The largest absolute Gasteiger partial charge is 0.304 e. The Bertz CT molecular complexity index is 517. The zero-order valence-corrected chi connectivity index (χ0v) is 14.3. The summed E-state index contributed by atoms with van der Waals surface area (Å²) in [6, 6.07) is 10.6. The second kappa shape index (κ2) is 5.87. The Hall–Kier alpha value is -0.160. The fourth-order valence-corrected chi connectivity index (χ4v) is 3.20. The zero-order valence-electron chi connectivity index (χ0n) is 10.3. The predicted molar refractivity (Wildman–Crippen MR) is 86.0 cm³/mol. The zero-order chi connectivity index (χ0) is 13.2. The molecular formula is C14H15Br2NS. The molecule has 0 bridgehead atoms. The molecular weight excluding hydrogens is 374 g/mol. The second-order valence-corrected chi connectivity index (χ2v) is 7.95. The van der Waals surface area contributed by atoms with Gasteiger partial charge in [0.25, 0.3) is 0 Å². The highest BCUT2D eigenvalue weighted by atomic mass is 79.9. The molecule has 1 nitrogen and oxygen atoms in total. The molecule has 1 N–H and O–H groups in total. The molecule has 0 aliphatic rings. The van der Waals surface area contributed by atoms with Gasteiger partial charge in [-0.05, 0) is 64.5 Å². The fraction of sp³-hybridized carbons (Fsp3) is 0.286. The van der Waals surface area contributed by atoms with Crippen LogP contribution in [0.25, 0.3) is 0 Å². The van der Waals surface area contributed by atoms with Crippen molar-refractivity contribution in [2.75, 3.05) is 0 Å². The molecule has 96 valence electrons. The summed E-state index contributed by atoms with van der Waals surface area (Å²) in [7, 11) is 0. The number of thiophene rings is 1. The molecule has 0 amide bonds. The van der Waals surface area contributed by atoms with E-state index in [1.165, 1.54) is 14.9 Å². The highest BCUT2D eigenvalue weighted by molar-refractivity contribution is 9.11. The van der Waals surface area contributed by atoms with Crippen LogP contribution in [0.3, 0.4) is 0 Å². The quantitative estimate of drug-likeness (QED) is 0.749. The summed E-state index contributed by atoms with van der Waals surface area (Å²) in [4.78, 5) is 0. The van der Waals surface area contributed by atoms with Crippen molar-refractivity contribution in [1.29, 1.82) is 0 Å². The molecule has 0 atom stereocenters. The minimum atomic E-state index is -0.0326. The minimum Gasteiger partial charge on any atom is -0.304 e. The SMILES string of the molecule is CC(C)(NCc1csc(Br)c1)c1ccc(Br)cc1. The van der Waals surface area contributed by atoms with Crippen LogP contribution in [-0.2, 0) is 12.1 Å². The number of rotatable bonds is 4. The average molecular weight is 389 g/mol. The van der Waals surface area contributed by atoms with Crippen molar-refractivity contribution >= 4 is 43.2 Å². The molecule has 0 saturated heterocycles. The van der Waals surface area contributed by atoms with Gasteiger partial charge in [0.05, 0.1) is 3.79 Å². The van der Waals surface area contributed by atoms with E-state index in [0.29, 0.717) is 0 Å². The minimum absolute atomic E-state index is 0.0326. The van der Waals surface area contributed by atoms with Crippen LogP contribution in [0.5, 0.6) is 0 Å². The van der Waals surface area contributed by atoms with Crippen molar-refractivity contribution in [3.8, 4) is 0 Å². The van der Waals surface area contributed by atoms with E-state index in [1.807, 2.05) is 0 Å². The average Bonchev–Trinajstić information content (AvgIpc) is 2.73. The molecule has 0 radical (unpaired) electrons. The van der Waals surface area contributed by atoms with Crippen LogP contribution >= 0.6 is 43.2 Å². The summed E-state index contributed by atoms with van der Waals surface area (Å²) in [6.07, 6.45) is 0. The smallest absolute Gasteiger partial charge is 0.0701 e. The number of hydrogen-bond donors (Lipinski definition) is 1. The molecule has 4 heteroatoms. The first-order valence-corrected chi connectivity index (χ1v) is 8.18. The number of benzene rings is 1. The molecule has 2 rings (SSSR count). The Balaban J connectivity index is 2.04. The Morgan fingerprint density at radius 1 is 1.17 bits per heavy atom. The molecule has 0 saturated carbocycles. The van der Waals surface area contributed by atoms with Crippen molar-refractivity contribution in [2.45, 2.75) is 25.9 Å². The van der Waals surface area contributed by atoms with Gasteiger partial charge in [0.1, 0.15) is 0 Å². The Morgan fingerprint density at radius 2 is 1.83 bits per heavy atom. The van der Waals surface area contributed by atoms with E-state index in [0.717, 1.165) is 11.0 Å². The lowest BCUT2D eigenvalue weighted by Gasteiger charge is -2.27. The van der Waals surface area contributed by atoms with Crippen molar-refractivity contribution in [3.63, 3.8) is 0 Å². The molecule has 1 aromatic carbocycles. The van der Waals surface area contributed by atoms with Gasteiger partial charge in [0, 0.05) is 16.6 Å². The maximum Gasteiger partial charge on any atom is 0.0701 e. The van der Waals surface area contributed by atoms with Gasteiger partial charge in [0.15, 0.2) is 0 Å². The third-order valence-corrected chi connectivity index (χ3v) is 5.00. The Labute approximate surface area is 129 Å². The van der Waals surface area contributed by atoms with Crippen LogP contribution in [-0.4, -0.2) is 0 Å². The second-order valence-electron chi connectivity index (χ2n) is 4.74. The van der Waals surface area contributed by atoms with E-state index in [-0.39, 0.29) is 5.54 Å². The Morgan fingerprint density at radius 3 is 2.39 bits per heavy atom. The van der Waals surface area contributed by atoms with E-state index in [4.69, 9.17) is 0 Å². The lowest BCUT2D eigenvalue weighted by Crippen LogP contribution is -2.35. The van der Waals surface area contributed by atoms with E-state index in [9.17, 15) is 0 Å². The van der Waals surface area contributed by atoms with Gasteiger partial charge in [-0.1, -0.05) is 28.1 Å². The third kappa shape index (κ3) is 3.67. The maximum absolute atomic E-state index is 3.59. The van der Waals surface area contributed by atoms with Crippen molar-refractivity contribution < 1.29 is 0 Å². The first-order valence-electron chi connectivity index (χ1n) is 5.71. The summed E-state index contributed by atoms with van der Waals surface area (Å²) in [5, 5.41) is 5.77. The standard InChI is InChI=1S/C14H15Br2NS/c1-14(2,11-3-5-12(15)6-4-11)17-8-10-7-13(16)18-9-10/h3-7,9,17H,8H2,1-2H3. The molecule has 1 heterocycles. The lowest BCUT2D eigenvalue weighted by atomic mass is 9.94. The normalized spacial score (nSPS) is 11.8. The van der Waals surface area contributed by atoms with Crippen LogP contribution < -0.4 is 5.32 Å². The highest BCUT2D eigenvalue weighted by Gasteiger charge is 2.19. The highest BCUT2D eigenvalue weighted by Crippen LogP contribution is 2.24. The van der Waals surface area contributed by atoms with Gasteiger partial charge in [-0.15, -0.1) is 11.3 Å². The lowest BCUT2D eigenvalue weighted by molar-refractivity contribution is 0.401. The number of nitrogens with one attached hydrogen (secondary N) is 1. The molecule has 1 aromatic heterocycles. The van der Waals surface area contributed by atoms with E-state index >= 15 is 0 Å².